The lowest BCUT2D eigenvalue weighted by Gasteiger charge is -2.43. The van der Waals surface area contributed by atoms with E-state index in [1.54, 1.807) is 11.8 Å². The first kappa shape index (κ1) is 22.3. The van der Waals surface area contributed by atoms with Crippen LogP contribution in [0.3, 0.4) is 0 Å². The van der Waals surface area contributed by atoms with Crippen molar-refractivity contribution in [3.63, 3.8) is 0 Å². The normalized spacial score (nSPS) is 21.6. The average Bonchev–Trinajstić information content (AvgIpc) is 3.37. The maximum absolute atomic E-state index is 13.1. The average molecular weight is 420 g/mol. The number of ether oxygens (including phenoxy) is 1. The van der Waals surface area contributed by atoms with Crippen LogP contribution < -0.4 is 10.6 Å². The third kappa shape index (κ3) is 4.50. The zero-order chi connectivity index (χ0) is 21.7. The van der Waals surface area contributed by atoms with Gasteiger partial charge in [-0.2, -0.15) is 5.10 Å². The highest BCUT2D eigenvalue weighted by Crippen LogP contribution is 2.28. The number of hydrogen-bond acceptors (Lipinski definition) is 5. The van der Waals surface area contributed by atoms with E-state index in [1.165, 1.54) is 10.7 Å². The second-order valence-electron chi connectivity index (χ2n) is 8.16. The van der Waals surface area contributed by atoms with Crippen LogP contribution in [0.1, 0.15) is 73.9 Å². The number of carbonyl (C=O) groups is 3. The molecule has 0 radical (unpaired) electrons. The molecule has 30 heavy (non-hydrogen) atoms. The summed E-state index contributed by atoms with van der Waals surface area (Å²) in [5.74, 6) is -0.773. The number of amides is 3. The maximum atomic E-state index is 13.1. The number of nitrogens with zero attached hydrogens (tertiary/aromatic N) is 3. The van der Waals surface area contributed by atoms with Gasteiger partial charge in [-0.3, -0.25) is 19.1 Å². The summed E-state index contributed by atoms with van der Waals surface area (Å²) in [5.41, 5.74) is -0.521. The van der Waals surface area contributed by atoms with E-state index in [2.05, 4.69) is 15.7 Å². The van der Waals surface area contributed by atoms with Gasteiger partial charge in [-0.05, 0) is 40.0 Å². The third-order valence-corrected chi connectivity index (χ3v) is 5.98. The first-order chi connectivity index (χ1) is 14.4. The fourth-order valence-corrected chi connectivity index (χ4v) is 4.27. The Balaban J connectivity index is 1.73. The lowest BCUT2D eigenvalue weighted by molar-refractivity contribution is -0.133. The van der Waals surface area contributed by atoms with Gasteiger partial charge in [0.05, 0.1) is 6.54 Å². The minimum absolute atomic E-state index is 0.160. The fraction of sp³-hybridized carbons (Fsp3) is 0.714. The van der Waals surface area contributed by atoms with Crippen LogP contribution in [-0.4, -0.2) is 70.3 Å². The molecule has 1 aliphatic heterocycles. The van der Waals surface area contributed by atoms with Crippen molar-refractivity contribution in [2.45, 2.75) is 71.0 Å². The molecule has 9 nitrogen and oxygen atoms in total. The Morgan fingerprint density at radius 3 is 2.70 bits per heavy atom. The molecule has 1 saturated carbocycles. The zero-order valence-electron chi connectivity index (χ0n) is 18.2. The minimum atomic E-state index is -1.04. The van der Waals surface area contributed by atoms with Crippen LogP contribution >= 0.6 is 0 Å². The van der Waals surface area contributed by atoms with Crippen LogP contribution in [0.15, 0.2) is 6.07 Å². The predicted octanol–water partition coefficient (Wildman–Crippen LogP) is 1.33. The molecule has 2 N–H and O–H groups in total. The van der Waals surface area contributed by atoms with Crippen LogP contribution in [0.4, 0.5) is 0 Å². The highest BCUT2D eigenvalue weighted by Gasteiger charge is 2.48. The van der Waals surface area contributed by atoms with Gasteiger partial charge in [0.1, 0.15) is 11.2 Å². The summed E-state index contributed by atoms with van der Waals surface area (Å²) in [6, 6.07) is 1.68. The smallest absolute Gasteiger partial charge is 0.273 e. The van der Waals surface area contributed by atoms with Crippen molar-refractivity contribution in [1.29, 1.82) is 0 Å². The molecule has 0 bridgehead atoms. The molecule has 1 unspecified atom stereocenters. The van der Waals surface area contributed by atoms with Crippen molar-refractivity contribution in [1.82, 2.24) is 25.3 Å². The van der Waals surface area contributed by atoms with Gasteiger partial charge < -0.3 is 20.3 Å². The second-order valence-corrected chi connectivity index (χ2v) is 8.16. The van der Waals surface area contributed by atoms with E-state index in [1.807, 2.05) is 13.8 Å². The van der Waals surface area contributed by atoms with Crippen LogP contribution in [0, 0.1) is 0 Å². The van der Waals surface area contributed by atoms with Crippen molar-refractivity contribution in [2.75, 3.05) is 26.3 Å². The van der Waals surface area contributed by atoms with Crippen molar-refractivity contribution in [3.8, 4) is 0 Å². The summed E-state index contributed by atoms with van der Waals surface area (Å²) in [6.45, 7) is 7.87. The molecule has 1 aromatic rings. The van der Waals surface area contributed by atoms with Gasteiger partial charge in [-0.15, -0.1) is 0 Å². The third-order valence-electron chi connectivity index (χ3n) is 5.98. The highest BCUT2D eigenvalue weighted by molar-refractivity contribution is 6.01. The fourth-order valence-electron chi connectivity index (χ4n) is 4.27. The Morgan fingerprint density at radius 1 is 1.30 bits per heavy atom. The lowest BCUT2D eigenvalue weighted by atomic mass is 9.94. The molecule has 2 aliphatic rings. The minimum Gasteiger partial charge on any atom is -0.382 e. The Kier molecular flexibility index (Phi) is 7.12. The molecular formula is C21H33N5O4. The molecule has 0 saturated heterocycles. The molecule has 0 spiro atoms. The van der Waals surface area contributed by atoms with Crippen molar-refractivity contribution in [3.05, 3.63) is 17.5 Å². The van der Waals surface area contributed by atoms with Gasteiger partial charge in [0.25, 0.3) is 11.8 Å². The van der Waals surface area contributed by atoms with E-state index in [9.17, 15) is 14.4 Å². The van der Waals surface area contributed by atoms with Crippen molar-refractivity contribution < 1.29 is 19.1 Å². The Hall–Kier alpha value is -2.42. The van der Waals surface area contributed by atoms with E-state index >= 15 is 0 Å². The Bertz CT molecular complexity index is 786. The molecule has 1 fully saturated rings. The number of likely N-dealkylation sites (N-methyl/N-ethyl adjacent to an activating group) is 1. The molecule has 1 atom stereocenters. The molecule has 3 amide bonds. The van der Waals surface area contributed by atoms with E-state index in [-0.39, 0.29) is 36.0 Å². The van der Waals surface area contributed by atoms with E-state index < -0.39 is 5.54 Å². The van der Waals surface area contributed by atoms with Gasteiger partial charge in [0, 0.05) is 38.4 Å². The Labute approximate surface area is 177 Å². The number of rotatable bonds is 9. The second kappa shape index (κ2) is 9.59. The molecule has 3 rings (SSSR count). The summed E-state index contributed by atoms with van der Waals surface area (Å²) >= 11 is 0. The zero-order valence-corrected chi connectivity index (χ0v) is 18.2. The van der Waals surface area contributed by atoms with Gasteiger partial charge in [-0.1, -0.05) is 12.8 Å². The van der Waals surface area contributed by atoms with Crippen LogP contribution in [0.5, 0.6) is 0 Å². The Morgan fingerprint density at radius 2 is 2.03 bits per heavy atom. The predicted molar refractivity (Wildman–Crippen MR) is 111 cm³/mol. The van der Waals surface area contributed by atoms with E-state index in [0.29, 0.717) is 38.4 Å². The summed E-state index contributed by atoms with van der Waals surface area (Å²) < 4.78 is 6.76. The standard InChI is InChI=1S/C21H33N5O4/c1-4-25-19(28)17-13-16(18(27)22-11-8-12-30-5-2)24-26(17)14-21(25,3)20(29)23-15-9-6-7-10-15/h13,15H,4-12,14H2,1-3H3,(H,22,27)(H,23,29). The van der Waals surface area contributed by atoms with Crippen LogP contribution in [-0.2, 0) is 16.1 Å². The molecule has 9 heteroatoms. The van der Waals surface area contributed by atoms with Crippen molar-refractivity contribution in [2.24, 2.45) is 0 Å². The summed E-state index contributed by atoms with van der Waals surface area (Å²) in [4.78, 5) is 40.3. The summed E-state index contributed by atoms with van der Waals surface area (Å²) in [6.07, 6.45) is 4.88. The SMILES string of the molecule is CCOCCCNC(=O)c1cc2n(n1)CC(C)(C(=O)NC1CCCC1)N(CC)C2=O. The number of aromatic nitrogens is 2. The van der Waals surface area contributed by atoms with E-state index in [0.717, 1.165) is 25.7 Å². The first-order valence-corrected chi connectivity index (χ1v) is 11.0. The van der Waals surface area contributed by atoms with E-state index in [4.69, 9.17) is 4.74 Å². The number of hydrogen-bond donors (Lipinski definition) is 2. The molecule has 166 valence electrons. The van der Waals surface area contributed by atoms with Crippen LogP contribution in [0.2, 0.25) is 0 Å². The van der Waals surface area contributed by atoms with Gasteiger partial charge in [0.2, 0.25) is 5.91 Å². The topological polar surface area (TPSA) is 106 Å². The monoisotopic (exact) mass is 419 g/mol. The molecular weight excluding hydrogens is 386 g/mol. The quantitative estimate of drug-likeness (QED) is 0.588. The van der Waals surface area contributed by atoms with Gasteiger partial charge in [-0.25, -0.2) is 0 Å². The maximum Gasteiger partial charge on any atom is 0.273 e. The van der Waals surface area contributed by atoms with Crippen LogP contribution in [0.25, 0.3) is 0 Å². The first-order valence-electron chi connectivity index (χ1n) is 11.0. The summed E-state index contributed by atoms with van der Waals surface area (Å²) in [7, 11) is 0. The molecule has 1 aliphatic carbocycles. The highest BCUT2D eigenvalue weighted by atomic mass is 16.5. The van der Waals surface area contributed by atoms with Crippen molar-refractivity contribution >= 4 is 17.7 Å². The number of fused-ring (bicyclic) bond motifs is 1. The summed E-state index contributed by atoms with van der Waals surface area (Å²) in [5, 5.41) is 10.3. The number of carbonyl (C=O) groups excluding carboxylic acids is 3. The molecule has 0 aromatic carbocycles. The lowest BCUT2D eigenvalue weighted by Crippen LogP contribution is -2.64. The number of nitrogens with one attached hydrogen (secondary N) is 2. The van der Waals surface area contributed by atoms with Gasteiger partial charge >= 0.3 is 0 Å². The van der Waals surface area contributed by atoms with Gasteiger partial charge in [0.15, 0.2) is 5.69 Å². The molecule has 1 aromatic heterocycles. The molecule has 2 heterocycles. The largest absolute Gasteiger partial charge is 0.382 e.